The molecule has 1 saturated heterocycles. The maximum atomic E-state index is 5.20. The number of rotatable bonds is 5. The molecular weight excluding hydrogens is 314 g/mol. The van der Waals surface area contributed by atoms with Gasteiger partial charge in [0.15, 0.2) is 5.82 Å². The van der Waals surface area contributed by atoms with E-state index in [1.165, 1.54) is 5.56 Å². The summed E-state index contributed by atoms with van der Waals surface area (Å²) < 4.78 is 7.06. The summed E-state index contributed by atoms with van der Waals surface area (Å²) in [5, 5.41) is 4.24. The highest BCUT2D eigenvalue weighted by molar-refractivity contribution is 5.58. The van der Waals surface area contributed by atoms with Crippen LogP contribution in [0.1, 0.15) is 5.56 Å². The number of methoxy groups -OCH3 is 1. The molecule has 2 aromatic heterocycles. The van der Waals surface area contributed by atoms with E-state index >= 15 is 0 Å². The van der Waals surface area contributed by atoms with Crippen molar-refractivity contribution in [1.82, 2.24) is 19.7 Å². The standard InChI is InChI=1S/C19H21N5O/c1-23-11-14(10-21-23)9-15-12-24(13-15)18-7-8-20-19(22-18)16-3-5-17(25-2)6-4-16/h3-8,10-11,15H,9,12-13H2,1-2H3. The van der Waals surface area contributed by atoms with Crippen LogP contribution in [0.2, 0.25) is 0 Å². The van der Waals surface area contributed by atoms with Crippen LogP contribution in [0, 0.1) is 5.92 Å². The van der Waals surface area contributed by atoms with E-state index in [0.29, 0.717) is 5.92 Å². The second-order valence-corrected chi connectivity index (χ2v) is 6.46. The predicted molar refractivity (Wildman–Crippen MR) is 96.6 cm³/mol. The number of ether oxygens (including phenoxy) is 1. The highest BCUT2D eigenvalue weighted by Gasteiger charge is 2.28. The minimum atomic E-state index is 0.656. The van der Waals surface area contributed by atoms with Gasteiger partial charge in [0.25, 0.3) is 0 Å². The molecule has 1 aliphatic heterocycles. The zero-order valence-electron chi connectivity index (χ0n) is 14.5. The molecule has 1 fully saturated rings. The Morgan fingerprint density at radius 1 is 1.16 bits per heavy atom. The van der Waals surface area contributed by atoms with Crippen molar-refractivity contribution in [1.29, 1.82) is 0 Å². The maximum Gasteiger partial charge on any atom is 0.161 e. The molecule has 0 radical (unpaired) electrons. The van der Waals surface area contributed by atoms with Crippen LogP contribution in [0.3, 0.4) is 0 Å². The van der Waals surface area contributed by atoms with Crippen LogP contribution in [0.4, 0.5) is 5.82 Å². The molecule has 0 amide bonds. The third-order valence-corrected chi connectivity index (χ3v) is 4.55. The maximum absolute atomic E-state index is 5.20. The Bertz CT molecular complexity index is 852. The van der Waals surface area contributed by atoms with Gasteiger partial charge in [-0.2, -0.15) is 5.10 Å². The summed E-state index contributed by atoms with van der Waals surface area (Å²) in [7, 11) is 3.62. The van der Waals surface area contributed by atoms with Gasteiger partial charge in [-0.3, -0.25) is 4.68 Å². The Balaban J connectivity index is 1.42. The minimum Gasteiger partial charge on any atom is -0.497 e. The number of hydrogen-bond donors (Lipinski definition) is 0. The van der Waals surface area contributed by atoms with Crippen LogP contribution in [0.15, 0.2) is 48.9 Å². The predicted octanol–water partition coefficient (Wildman–Crippen LogP) is 2.56. The third-order valence-electron chi connectivity index (χ3n) is 4.55. The van der Waals surface area contributed by atoms with Crippen molar-refractivity contribution in [2.75, 3.05) is 25.1 Å². The number of anilines is 1. The van der Waals surface area contributed by atoms with Gasteiger partial charge < -0.3 is 9.64 Å². The summed E-state index contributed by atoms with van der Waals surface area (Å²) in [6.45, 7) is 2.04. The Hall–Kier alpha value is -2.89. The summed E-state index contributed by atoms with van der Waals surface area (Å²) in [5.74, 6) is 3.23. The third kappa shape index (κ3) is 3.33. The zero-order valence-corrected chi connectivity index (χ0v) is 14.5. The van der Waals surface area contributed by atoms with E-state index < -0.39 is 0 Å². The number of benzene rings is 1. The van der Waals surface area contributed by atoms with E-state index in [1.807, 2.05) is 54.5 Å². The first-order valence-electron chi connectivity index (χ1n) is 8.41. The molecule has 1 aliphatic rings. The molecule has 4 rings (SSSR count). The van der Waals surface area contributed by atoms with Gasteiger partial charge in [-0.05, 0) is 48.2 Å². The first-order chi connectivity index (χ1) is 12.2. The number of aromatic nitrogens is 4. The second-order valence-electron chi connectivity index (χ2n) is 6.46. The largest absolute Gasteiger partial charge is 0.497 e. The van der Waals surface area contributed by atoms with E-state index in [2.05, 4.69) is 21.2 Å². The Morgan fingerprint density at radius 2 is 1.96 bits per heavy atom. The SMILES string of the molecule is COc1ccc(-c2nccc(N3CC(Cc4cnn(C)c4)C3)n2)cc1. The summed E-state index contributed by atoms with van der Waals surface area (Å²) in [6, 6.07) is 9.81. The van der Waals surface area contributed by atoms with E-state index in [4.69, 9.17) is 9.72 Å². The van der Waals surface area contributed by atoms with Gasteiger partial charge in [0.1, 0.15) is 11.6 Å². The lowest BCUT2D eigenvalue weighted by molar-refractivity contribution is 0.405. The molecule has 3 aromatic rings. The van der Waals surface area contributed by atoms with Gasteiger partial charge in [0.05, 0.1) is 13.3 Å². The minimum absolute atomic E-state index is 0.656. The lowest BCUT2D eigenvalue weighted by Gasteiger charge is -2.40. The number of hydrogen-bond acceptors (Lipinski definition) is 5. The van der Waals surface area contributed by atoms with Gasteiger partial charge >= 0.3 is 0 Å². The summed E-state index contributed by atoms with van der Waals surface area (Å²) >= 11 is 0. The van der Waals surface area contributed by atoms with Crippen LogP contribution < -0.4 is 9.64 Å². The Kier molecular flexibility index (Phi) is 4.09. The van der Waals surface area contributed by atoms with Crippen LogP contribution in [-0.4, -0.2) is 39.9 Å². The van der Waals surface area contributed by atoms with E-state index in [0.717, 1.165) is 42.5 Å². The first kappa shape index (κ1) is 15.6. The lowest BCUT2D eigenvalue weighted by atomic mass is 9.93. The number of aryl methyl sites for hydroxylation is 1. The van der Waals surface area contributed by atoms with E-state index in [-0.39, 0.29) is 0 Å². The van der Waals surface area contributed by atoms with Crippen molar-refractivity contribution in [2.45, 2.75) is 6.42 Å². The molecule has 6 heteroatoms. The second kappa shape index (κ2) is 6.55. The fraction of sp³-hybridized carbons (Fsp3) is 0.316. The molecule has 0 unspecified atom stereocenters. The van der Waals surface area contributed by atoms with Crippen molar-refractivity contribution in [3.05, 3.63) is 54.5 Å². The average Bonchev–Trinajstić information content (AvgIpc) is 3.03. The molecule has 6 nitrogen and oxygen atoms in total. The van der Waals surface area contributed by atoms with Crippen LogP contribution in [0.25, 0.3) is 11.4 Å². The highest BCUT2D eigenvalue weighted by atomic mass is 16.5. The average molecular weight is 335 g/mol. The number of nitrogens with zero attached hydrogens (tertiary/aromatic N) is 5. The molecule has 0 saturated carbocycles. The Morgan fingerprint density at radius 3 is 2.64 bits per heavy atom. The lowest BCUT2D eigenvalue weighted by Crippen LogP contribution is -2.48. The van der Waals surface area contributed by atoms with E-state index in [1.54, 1.807) is 7.11 Å². The fourth-order valence-corrected chi connectivity index (χ4v) is 3.20. The summed E-state index contributed by atoms with van der Waals surface area (Å²) in [6.07, 6.45) is 6.95. The molecule has 128 valence electrons. The molecule has 1 aromatic carbocycles. The molecule has 25 heavy (non-hydrogen) atoms. The van der Waals surface area contributed by atoms with Crippen molar-refractivity contribution in [3.63, 3.8) is 0 Å². The molecule has 0 atom stereocenters. The van der Waals surface area contributed by atoms with Gasteiger partial charge in [-0.1, -0.05) is 0 Å². The summed E-state index contributed by atoms with van der Waals surface area (Å²) in [5.41, 5.74) is 2.30. The van der Waals surface area contributed by atoms with Gasteiger partial charge in [0.2, 0.25) is 0 Å². The topological polar surface area (TPSA) is 56.1 Å². The molecule has 0 N–H and O–H groups in total. The zero-order chi connectivity index (χ0) is 17.2. The van der Waals surface area contributed by atoms with Crippen molar-refractivity contribution in [3.8, 4) is 17.1 Å². The quantitative estimate of drug-likeness (QED) is 0.717. The monoisotopic (exact) mass is 335 g/mol. The van der Waals surface area contributed by atoms with Gasteiger partial charge in [0, 0.05) is 38.1 Å². The van der Waals surface area contributed by atoms with Crippen LogP contribution in [-0.2, 0) is 13.5 Å². The van der Waals surface area contributed by atoms with Gasteiger partial charge in [-0.25, -0.2) is 9.97 Å². The molecule has 0 spiro atoms. The van der Waals surface area contributed by atoms with Crippen molar-refractivity contribution < 1.29 is 4.74 Å². The molecule has 0 bridgehead atoms. The van der Waals surface area contributed by atoms with Crippen molar-refractivity contribution >= 4 is 5.82 Å². The summed E-state index contributed by atoms with van der Waals surface area (Å²) in [4.78, 5) is 11.4. The molecular formula is C19H21N5O. The Labute approximate surface area is 147 Å². The first-order valence-corrected chi connectivity index (χ1v) is 8.41. The van der Waals surface area contributed by atoms with E-state index in [9.17, 15) is 0 Å². The highest BCUT2D eigenvalue weighted by Crippen LogP contribution is 2.27. The normalized spacial score (nSPS) is 14.4. The smallest absolute Gasteiger partial charge is 0.161 e. The molecule has 0 aliphatic carbocycles. The van der Waals surface area contributed by atoms with Crippen LogP contribution in [0.5, 0.6) is 5.75 Å². The molecule has 3 heterocycles. The van der Waals surface area contributed by atoms with Crippen molar-refractivity contribution in [2.24, 2.45) is 13.0 Å². The van der Waals surface area contributed by atoms with Crippen LogP contribution >= 0.6 is 0 Å². The van der Waals surface area contributed by atoms with Gasteiger partial charge in [-0.15, -0.1) is 0 Å². The fourth-order valence-electron chi connectivity index (χ4n) is 3.20.